The highest BCUT2D eigenvalue weighted by molar-refractivity contribution is 7.68. The highest BCUT2D eigenvalue weighted by atomic mass is 29.6. The van der Waals surface area contributed by atoms with Crippen LogP contribution in [-0.4, -0.2) is 40.4 Å². The second-order valence-corrected chi connectivity index (χ2v) is 34.8. The quantitative estimate of drug-likeness (QED) is 0.839. The second kappa shape index (κ2) is 5.10. The van der Waals surface area contributed by atoms with Crippen molar-refractivity contribution in [1.82, 2.24) is 9.88 Å². The van der Waals surface area contributed by atoms with Gasteiger partial charge in [0.05, 0.1) is 20.8 Å². The summed E-state index contributed by atoms with van der Waals surface area (Å²) in [5.41, 5.74) is 1.60. The van der Waals surface area contributed by atoms with Crippen LogP contribution in [-0.2, 0) is 0 Å². The summed E-state index contributed by atoms with van der Waals surface area (Å²) in [4.78, 5) is 18.1. The van der Waals surface area contributed by atoms with Crippen LogP contribution in [0.15, 0.2) is 30.3 Å². The summed E-state index contributed by atoms with van der Waals surface area (Å²) in [5, 5.41) is 0. The van der Waals surface area contributed by atoms with Crippen molar-refractivity contribution in [3.8, 4) is 0 Å². The van der Waals surface area contributed by atoms with Crippen LogP contribution >= 0.6 is 0 Å². The molecule has 1 aliphatic heterocycles. The van der Waals surface area contributed by atoms with E-state index in [-0.39, 0.29) is 11.7 Å². The largest absolute Gasteiger partial charge is 0.366 e. The highest BCUT2D eigenvalue weighted by Crippen LogP contribution is 2.43. The van der Waals surface area contributed by atoms with Gasteiger partial charge in [-0.25, -0.2) is 4.79 Å². The maximum absolute atomic E-state index is 12.6. The lowest BCUT2D eigenvalue weighted by molar-refractivity contribution is 0.217. The van der Waals surface area contributed by atoms with Gasteiger partial charge in [-0.3, -0.25) is 0 Å². The van der Waals surface area contributed by atoms with Crippen molar-refractivity contribution in [2.75, 3.05) is 7.05 Å². The van der Waals surface area contributed by atoms with Gasteiger partial charge in [0.25, 0.3) is 0 Å². The lowest BCUT2D eigenvalue weighted by Crippen LogP contribution is -2.80. The van der Waals surface area contributed by atoms with Crippen molar-refractivity contribution in [3.05, 3.63) is 35.9 Å². The maximum atomic E-state index is 12.6. The van der Waals surface area contributed by atoms with Crippen LogP contribution in [0.2, 0.25) is 39.3 Å². The van der Waals surface area contributed by atoms with Crippen molar-refractivity contribution in [2.24, 2.45) is 0 Å². The first-order valence-corrected chi connectivity index (χ1v) is 18.7. The summed E-state index contributed by atoms with van der Waals surface area (Å²) in [5.74, 6) is 0. The van der Waals surface area contributed by atoms with Gasteiger partial charge < -0.3 is 9.88 Å². The van der Waals surface area contributed by atoms with Gasteiger partial charge in [0, 0.05) is 7.05 Å². The monoisotopic (exact) mass is 336 g/mol. The Balaban J connectivity index is 2.70. The Labute approximate surface area is 131 Å². The lowest BCUT2D eigenvalue weighted by Gasteiger charge is -2.50. The number of hydrogen-bond donors (Lipinski definition) is 1. The molecule has 1 saturated heterocycles. The molecule has 2 amide bonds. The van der Waals surface area contributed by atoms with E-state index in [1.807, 2.05) is 11.9 Å². The third-order valence-corrected chi connectivity index (χ3v) is 41.9. The van der Waals surface area contributed by atoms with Crippen molar-refractivity contribution in [1.29, 1.82) is 0 Å². The molecule has 0 bridgehead atoms. The third kappa shape index (κ3) is 2.43. The molecule has 2 rings (SSSR count). The van der Waals surface area contributed by atoms with Gasteiger partial charge in [0.2, 0.25) is 0 Å². The summed E-state index contributed by atoms with van der Waals surface area (Å²) in [6, 6.07) is 10.8. The number of nitrogens with zero attached hydrogens (tertiary/aromatic N) is 1. The smallest absolute Gasteiger partial charge is 0.309 e. The van der Waals surface area contributed by atoms with E-state index in [0.29, 0.717) is 0 Å². The van der Waals surface area contributed by atoms with Crippen LogP contribution in [0.1, 0.15) is 11.2 Å². The Kier molecular flexibility index (Phi) is 4.01. The molecule has 0 aromatic heterocycles. The minimum atomic E-state index is -1.93. The molecule has 1 aliphatic rings. The van der Waals surface area contributed by atoms with Gasteiger partial charge in [-0.15, -0.1) is 0 Å². The minimum absolute atomic E-state index is 0.139. The van der Waals surface area contributed by atoms with Crippen molar-refractivity contribution in [3.63, 3.8) is 0 Å². The number of carbonyl (C=O) groups excluding carboxylic acids is 1. The van der Waals surface area contributed by atoms with Crippen LogP contribution < -0.4 is 4.98 Å². The topological polar surface area (TPSA) is 32.3 Å². The molecule has 1 unspecified atom stereocenters. The lowest BCUT2D eigenvalue weighted by atomic mass is 10.2. The molecule has 3 nitrogen and oxygen atoms in total. The minimum Gasteiger partial charge on any atom is -0.366 e. The molecule has 1 fully saturated rings. The standard InChI is InChI=1S/C15H28N2OSi3/c1-17-14(13-11-9-8-10-12-13)21(16-15(17)18,19(2,3)4)20(5,6)7/h8-12,14H,1-7H3,(H,16,18). The van der Waals surface area contributed by atoms with E-state index in [0.717, 1.165) is 0 Å². The molecule has 21 heavy (non-hydrogen) atoms. The zero-order valence-electron chi connectivity index (χ0n) is 14.3. The van der Waals surface area contributed by atoms with Crippen molar-refractivity contribution < 1.29 is 4.79 Å². The van der Waals surface area contributed by atoms with Gasteiger partial charge in [0.1, 0.15) is 0 Å². The van der Waals surface area contributed by atoms with Gasteiger partial charge in [-0.2, -0.15) is 0 Å². The van der Waals surface area contributed by atoms with Gasteiger partial charge in [0.15, 0.2) is 7.27 Å². The first kappa shape index (κ1) is 16.5. The number of rotatable bonds is 3. The molecule has 6 heteroatoms. The molecular weight excluding hydrogens is 308 g/mol. The normalized spacial score (nSPS) is 22.3. The summed E-state index contributed by atoms with van der Waals surface area (Å²) in [6.07, 6.45) is 0. The Hall–Kier alpha value is -0.859. The van der Waals surface area contributed by atoms with Gasteiger partial charge >= 0.3 is 6.03 Å². The molecular formula is C15H28N2OSi3. The van der Waals surface area contributed by atoms with E-state index in [2.05, 4.69) is 74.6 Å². The van der Waals surface area contributed by atoms with Crippen molar-refractivity contribution >= 4 is 28.5 Å². The van der Waals surface area contributed by atoms with E-state index >= 15 is 0 Å². The summed E-state index contributed by atoms with van der Waals surface area (Å²) in [7, 11) is -2.98. The van der Waals surface area contributed by atoms with E-state index in [1.165, 1.54) is 5.56 Å². The summed E-state index contributed by atoms with van der Waals surface area (Å²) in [6.45, 7) is 14.7. The molecule has 1 atom stereocenters. The number of urea groups is 1. The fourth-order valence-corrected chi connectivity index (χ4v) is 47.8. The molecule has 1 N–H and O–H groups in total. The van der Waals surface area contributed by atoms with E-state index in [4.69, 9.17) is 0 Å². The van der Waals surface area contributed by atoms with Gasteiger partial charge in [-0.05, 0) is 5.56 Å². The number of carbonyl (C=O) groups is 1. The van der Waals surface area contributed by atoms with Crippen LogP contribution in [0, 0.1) is 0 Å². The molecule has 0 aliphatic carbocycles. The fraction of sp³-hybridized carbons (Fsp3) is 0.533. The zero-order chi connectivity index (χ0) is 16.1. The average molecular weight is 337 g/mol. The van der Waals surface area contributed by atoms with Gasteiger partial charge in [-0.1, -0.05) is 69.6 Å². The summed E-state index contributed by atoms with van der Waals surface area (Å²) < 4.78 is 0. The van der Waals surface area contributed by atoms with Crippen LogP contribution in [0.25, 0.3) is 0 Å². The first-order valence-electron chi connectivity index (χ1n) is 7.62. The maximum Gasteiger partial charge on any atom is 0.309 e. The number of nitrogens with one attached hydrogen (secondary N) is 1. The summed E-state index contributed by atoms with van der Waals surface area (Å²) >= 11 is 0. The third-order valence-electron chi connectivity index (χ3n) is 4.90. The van der Waals surface area contributed by atoms with Crippen LogP contribution in [0.5, 0.6) is 0 Å². The molecule has 1 aromatic carbocycles. The average Bonchev–Trinajstić information content (AvgIpc) is 2.63. The number of benzene rings is 1. The zero-order valence-corrected chi connectivity index (χ0v) is 17.3. The fourth-order valence-electron chi connectivity index (χ4n) is 4.16. The molecule has 0 radical (unpaired) electrons. The predicted molar refractivity (Wildman–Crippen MR) is 97.9 cm³/mol. The SMILES string of the molecule is CN1C(=O)N[Si]([Si](C)(C)C)([Si](C)(C)C)C1c1ccccc1. The molecule has 1 heterocycles. The highest BCUT2D eigenvalue weighted by Gasteiger charge is 2.66. The molecule has 1 aromatic rings. The molecule has 116 valence electrons. The van der Waals surface area contributed by atoms with E-state index in [1.54, 1.807) is 0 Å². The van der Waals surface area contributed by atoms with Crippen LogP contribution in [0.3, 0.4) is 0 Å². The van der Waals surface area contributed by atoms with Crippen molar-refractivity contribution in [2.45, 2.75) is 44.9 Å². The Morgan fingerprint density at radius 2 is 1.48 bits per heavy atom. The van der Waals surface area contributed by atoms with E-state index in [9.17, 15) is 4.79 Å². The number of hydrogen-bond acceptors (Lipinski definition) is 1. The molecule has 0 saturated carbocycles. The van der Waals surface area contributed by atoms with E-state index < -0.39 is 22.5 Å². The molecule has 0 spiro atoms. The Morgan fingerprint density at radius 3 is 1.90 bits per heavy atom. The van der Waals surface area contributed by atoms with Crippen LogP contribution in [0.4, 0.5) is 4.79 Å². The Morgan fingerprint density at radius 1 is 1.00 bits per heavy atom. The first-order chi connectivity index (χ1) is 9.52. The predicted octanol–water partition coefficient (Wildman–Crippen LogP) is 3.70. The Bertz CT molecular complexity index is 520. The second-order valence-electron chi connectivity index (χ2n) is 8.16. The number of amides is 2.